The molecule has 0 saturated heterocycles. The number of hydrogen-bond donors (Lipinski definition) is 2. The molecule has 1 aliphatic rings. The number of anilines is 1. The van der Waals surface area contributed by atoms with Crippen LogP contribution in [0.3, 0.4) is 0 Å². The summed E-state index contributed by atoms with van der Waals surface area (Å²) in [5, 5.41) is 5.65. The van der Waals surface area contributed by atoms with Gasteiger partial charge in [0, 0.05) is 42.3 Å². The van der Waals surface area contributed by atoms with Gasteiger partial charge in [-0.3, -0.25) is 0 Å². The van der Waals surface area contributed by atoms with E-state index in [1.165, 1.54) is 4.88 Å². The molecule has 1 aliphatic carbocycles. The predicted molar refractivity (Wildman–Crippen MR) is 108 cm³/mol. The van der Waals surface area contributed by atoms with Crippen molar-refractivity contribution in [3.05, 3.63) is 43.8 Å². The summed E-state index contributed by atoms with van der Waals surface area (Å²) in [6, 6.07) is 5.04. The first kappa shape index (κ1) is 19.1. The van der Waals surface area contributed by atoms with Crippen LogP contribution >= 0.6 is 38.9 Å². The van der Waals surface area contributed by atoms with Crippen LogP contribution in [0.2, 0.25) is 5.15 Å². The molecule has 144 valence electrons. The van der Waals surface area contributed by atoms with Crippen molar-refractivity contribution >= 4 is 55.7 Å². The molecular formula is C18H17BrClF2N3OS. The fraction of sp³-hybridized carbons (Fsp3) is 0.389. The van der Waals surface area contributed by atoms with E-state index in [0.29, 0.717) is 38.7 Å². The summed E-state index contributed by atoms with van der Waals surface area (Å²) in [5.41, 5.74) is 7.86. The van der Waals surface area contributed by atoms with E-state index in [2.05, 4.69) is 26.2 Å². The maximum atomic E-state index is 13.6. The summed E-state index contributed by atoms with van der Waals surface area (Å²) in [4.78, 5) is 5.51. The molecule has 0 bridgehead atoms. The Morgan fingerprint density at radius 1 is 1.48 bits per heavy atom. The van der Waals surface area contributed by atoms with Crippen molar-refractivity contribution in [2.75, 3.05) is 5.32 Å². The van der Waals surface area contributed by atoms with Gasteiger partial charge >= 0.3 is 0 Å². The van der Waals surface area contributed by atoms with Gasteiger partial charge in [-0.25, -0.2) is 13.8 Å². The lowest BCUT2D eigenvalue weighted by atomic mass is 9.81. The fourth-order valence-corrected chi connectivity index (χ4v) is 4.97. The van der Waals surface area contributed by atoms with Gasteiger partial charge in [0.1, 0.15) is 16.4 Å². The van der Waals surface area contributed by atoms with Crippen molar-refractivity contribution in [2.24, 2.45) is 5.73 Å². The van der Waals surface area contributed by atoms with Gasteiger partial charge in [-0.2, -0.15) is 0 Å². The summed E-state index contributed by atoms with van der Waals surface area (Å²) in [6.07, 6.45) is -0.288. The number of rotatable bonds is 4. The Labute approximate surface area is 172 Å². The minimum absolute atomic E-state index is 0.202. The van der Waals surface area contributed by atoms with Gasteiger partial charge in [-0.1, -0.05) is 17.7 Å². The highest BCUT2D eigenvalue weighted by molar-refractivity contribution is 9.10. The van der Waals surface area contributed by atoms with E-state index in [9.17, 15) is 8.78 Å². The molecule has 3 aromatic rings. The molecule has 4 nitrogen and oxygen atoms in total. The Morgan fingerprint density at radius 3 is 3.00 bits per heavy atom. The first-order valence-corrected chi connectivity index (χ1v) is 10.6. The average molecular weight is 477 g/mol. The van der Waals surface area contributed by atoms with Crippen LogP contribution < -0.4 is 11.1 Å². The monoisotopic (exact) mass is 475 g/mol. The molecule has 1 saturated carbocycles. The summed E-state index contributed by atoms with van der Waals surface area (Å²) in [5.74, 6) is -2.46. The van der Waals surface area contributed by atoms with Crippen LogP contribution in [0.25, 0.3) is 11.1 Å². The van der Waals surface area contributed by atoms with Crippen LogP contribution in [0.4, 0.5) is 14.5 Å². The molecule has 3 aromatic heterocycles. The molecule has 2 atom stereocenters. The molecule has 0 spiro atoms. The van der Waals surface area contributed by atoms with E-state index in [4.69, 9.17) is 21.8 Å². The van der Waals surface area contributed by atoms with Crippen molar-refractivity contribution in [2.45, 2.75) is 43.7 Å². The van der Waals surface area contributed by atoms with E-state index in [1.54, 1.807) is 17.4 Å². The third kappa shape index (κ3) is 3.85. The van der Waals surface area contributed by atoms with E-state index in [1.807, 2.05) is 17.5 Å². The number of thiophene rings is 1. The van der Waals surface area contributed by atoms with Gasteiger partial charge in [-0.05, 0) is 33.8 Å². The first-order chi connectivity index (χ1) is 12.8. The van der Waals surface area contributed by atoms with Crippen LogP contribution in [0.15, 0.2) is 32.5 Å². The number of furan rings is 1. The summed E-state index contributed by atoms with van der Waals surface area (Å²) >= 11 is 11.3. The largest absolute Gasteiger partial charge is 0.456 e. The number of nitrogens with one attached hydrogen (secondary N) is 1. The smallest absolute Gasteiger partial charge is 0.249 e. The molecule has 3 N–H and O–H groups in total. The molecule has 1 fully saturated rings. The van der Waals surface area contributed by atoms with E-state index in [0.717, 1.165) is 0 Å². The topological polar surface area (TPSA) is 64.1 Å². The summed E-state index contributed by atoms with van der Waals surface area (Å²) in [7, 11) is 0. The van der Waals surface area contributed by atoms with Gasteiger partial charge in [0.25, 0.3) is 0 Å². The molecular weight excluding hydrogens is 460 g/mol. The molecule has 0 aliphatic heterocycles. The van der Waals surface area contributed by atoms with Crippen LogP contribution in [0, 0.1) is 0 Å². The Balaban J connectivity index is 1.69. The van der Waals surface area contributed by atoms with Crippen molar-refractivity contribution in [3.63, 3.8) is 0 Å². The van der Waals surface area contributed by atoms with Crippen molar-refractivity contribution < 1.29 is 13.2 Å². The Kier molecular flexibility index (Phi) is 5.18. The number of pyridine rings is 1. The molecule has 0 aromatic carbocycles. The average Bonchev–Trinajstić information content (AvgIpc) is 3.21. The van der Waals surface area contributed by atoms with E-state index in [-0.39, 0.29) is 25.2 Å². The fourth-order valence-electron chi connectivity index (χ4n) is 3.49. The minimum Gasteiger partial charge on any atom is -0.456 e. The molecule has 4 rings (SSSR count). The molecule has 3 heterocycles. The van der Waals surface area contributed by atoms with E-state index >= 15 is 0 Å². The lowest BCUT2D eigenvalue weighted by Crippen LogP contribution is -2.40. The summed E-state index contributed by atoms with van der Waals surface area (Å²) < 4.78 is 34.0. The van der Waals surface area contributed by atoms with Crippen LogP contribution in [0.1, 0.15) is 35.8 Å². The number of hydrogen-bond acceptors (Lipinski definition) is 5. The first-order valence-electron chi connectivity index (χ1n) is 8.52. The second kappa shape index (κ2) is 7.31. The number of nitrogens with two attached hydrogens (primary N) is 1. The van der Waals surface area contributed by atoms with Gasteiger partial charge in [-0.15, -0.1) is 11.3 Å². The Morgan fingerprint density at radius 2 is 2.30 bits per heavy atom. The lowest BCUT2D eigenvalue weighted by Gasteiger charge is -2.32. The van der Waals surface area contributed by atoms with Crippen molar-refractivity contribution in [1.82, 2.24) is 4.98 Å². The quantitative estimate of drug-likeness (QED) is 0.443. The maximum Gasteiger partial charge on any atom is 0.249 e. The predicted octanol–water partition coefficient (Wildman–Crippen LogP) is 6.15. The third-order valence-corrected chi connectivity index (χ3v) is 6.66. The number of halogens is 4. The standard InChI is InChI=1S/C18H17BrClF2N3OS/c19-14-15-17(26-16(14)10-3-4-18(21,22)7-11(10)23)12(6-13(20)25-15)24-8-9-2-1-5-27-9/h1-2,5-6,10-11H,3-4,7-8,23H2,(H,24,25)/t10-,11-/m0/s1. The van der Waals surface area contributed by atoms with Crippen molar-refractivity contribution in [3.8, 4) is 0 Å². The van der Waals surface area contributed by atoms with Crippen LogP contribution in [-0.2, 0) is 6.54 Å². The SMILES string of the molecule is N[C@H]1CC(F)(F)CC[C@@H]1c1oc2c(NCc3cccs3)cc(Cl)nc2c1Br. The zero-order chi connectivity index (χ0) is 19.2. The third-order valence-electron chi connectivity index (χ3n) is 4.82. The maximum absolute atomic E-state index is 13.6. The Hall–Kier alpha value is -1.22. The molecule has 0 unspecified atom stereocenters. The normalized spacial score (nSPS) is 22.3. The number of nitrogens with zero attached hydrogens (tertiary/aromatic N) is 1. The highest BCUT2D eigenvalue weighted by Crippen LogP contribution is 2.46. The number of fused-ring (bicyclic) bond motifs is 1. The highest BCUT2D eigenvalue weighted by Gasteiger charge is 2.42. The van der Waals surface area contributed by atoms with E-state index < -0.39 is 12.0 Å². The summed E-state index contributed by atoms with van der Waals surface area (Å²) in [6.45, 7) is 0.621. The molecule has 27 heavy (non-hydrogen) atoms. The van der Waals surface area contributed by atoms with Crippen LogP contribution in [-0.4, -0.2) is 16.9 Å². The number of alkyl halides is 2. The van der Waals surface area contributed by atoms with Gasteiger partial charge in [0.2, 0.25) is 5.92 Å². The molecule has 0 radical (unpaired) electrons. The number of aromatic nitrogens is 1. The van der Waals surface area contributed by atoms with Crippen molar-refractivity contribution in [1.29, 1.82) is 0 Å². The second-order valence-electron chi connectivity index (χ2n) is 6.75. The van der Waals surface area contributed by atoms with Gasteiger partial charge in [0.15, 0.2) is 5.58 Å². The Bertz CT molecular complexity index is 963. The van der Waals surface area contributed by atoms with Gasteiger partial charge < -0.3 is 15.5 Å². The lowest BCUT2D eigenvalue weighted by molar-refractivity contribution is -0.0460. The molecule has 0 amide bonds. The van der Waals surface area contributed by atoms with Gasteiger partial charge in [0.05, 0.1) is 10.2 Å². The zero-order valence-electron chi connectivity index (χ0n) is 14.1. The minimum atomic E-state index is -2.72. The molecule has 9 heteroatoms. The zero-order valence-corrected chi connectivity index (χ0v) is 17.3. The van der Waals surface area contributed by atoms with Crippen LogP contribution in [0.5, 0.6) is 0 Å². The second-order valence-corrected chi connectivity index (χ2v) is 8.97. The highest BCUT2D eigenvalue weighted by atomic mass is 79.9.